The van der Waals surface area contributed by atoms with Crippen LogP contribution < -0.4 is 10.2 Å². The third-order valence-electron chi connectivity index (χ3n) is 15.4. The van der Waals surface area contributed by atoms with Crippen molar-refractivity contribution in [1.29, 1.82) is 0 Å². The highest BCUT2D eigenvalue weighted by Crippen LogP contribution is 2.38. The predicted molar refractivity (Wildman–Crippen MR) is 325 cm³/mol. The van der Waals surface area contributed by atoms with Crippen LogP contribution in [0.25, 0.3) is 0 Å². The van der Waals surface area contributed by atoms with Gasteiger partial charge in [-0.3, -0.25) is 9.36 Å². The number of aliphatic hydroxyl groups excluding tert-OH is 1. The molecule has 0 aromatic heterocycles. The van der Waals surface area contributed by atoms with Crippen LogP contribution >= 0.6 is 7.82 Å². The summed E-state index contributed by atoms with van der Waals surface area (Å²) in [4.78, 5) is 25.5. The highest BCUT2D eigenvalue weighted by atomic mass is 31.2. The molecule has 0 aromatic carbocycles. The SMILES string of the molecule is CCCCCCCCC/C=C/CC/C=C/C(O)C(COP(=O)([O-])OCC[N+](C)(C)C)NC(=O)CCCCCCCCCCCCCCCCCCCCCCCCCCCCCCCCCCCCCCCCCC. The second kappa shape index (κ2) is 57.7. The number of carbonyl (C=O) groups excluding carboxylic acids is 1. The standard InChI is InChI=1S/C66H131N2O6P/c1-6-8-10-12-14-16-18-20-21-22-23-24-25-26-27-28-29-30-31-32-33-34-35-36-37-38-39-40-41-42-43-44-45-46-48-50-52-54-56-58-60-66(70)67-64(63-74-75(71,72)73-62-61-68(3,4)5)65(69)59-57-55-53-51-49-47-19-17-15-13-11-9-7-2/h49,51,57,59,64-65,69H,6-48,50,52-56,58,60-63H2,1-5H3,(H-,67,70,71,72)/b51-49+,59-57+. The number of nitrogens with zero attached hydrogens (tertiary/aromatic N) is 1. The monoisotopic (exact) mass is 1080 g/mol. The van der Waals surface area contributed by atoms with Crippen molar-refractivity contribution in [3.8, 4) is 0 Å². The Balaban J connectivity index is 3.82. The molecule has 3 unspecified atom stereocenters. The molecule has 0 fully saturated rings. The third-order valence-corrected chi connectivity index (χ3v) is 16.4. The van der Waals surface area contributed by atoms with E-state index >= 15 is 0 Å². The lowest BCUT2D eigenvalue weighted by molar-refractivity contribution is -0.870. The van der Waals surface area contributed by atoms with Gasteiger partial charge in [-0.05, 0) is 32.1 Å². The molecule has 0 rings (SSSR count). The number of phosphoric acid groups is 1. The van der Waals surface area contributed by atoms with Gasteiger partial charge >= 0.3 is 0 Å². The number of nitrogens with one attached hydrogen (secondary N) is 1. The number of rotatable bonds is 62. The summed E-state index contributed by atoms with van der Waals surface area (Å²) in [7, 11) is 1.26. The fraction of sp³-hybridized carbons (Fsp3) is 0.924. The molecule has 0 heterocycles. The molecule has 9 heteroatoms. The quantitative estimate of drug-likeness (QED) is 0.0272. The summed E-state index contributed by atoms with van der Waals surface area (Å²) in [5.74, 6) is -0.201. The van der Waals surface area contributed by atoms with Crippen LogP contribution in [0.1, 0.15) is 341 Å². The van der Waals surface area contributed by atoms with Crippen molar-refractivity contribution in [2.45, 2.75) is 353 Å². The lowest BCUT2D eigenvalue weighted by atomic mass is 10.0. The van der Waals surface area contributed by atoms with Gasteiger partial charge < -0.3 is 28.8 Å². The molecule has 1 amide bonds. The molecule has 0 aliphatic rings. The van der Waals surface area contributed by atoms with Crippen molar-refractivity contribution in [2.75, 3.05) is 40.9 Å². The molecule has 0 aliphatic carbocycles. The van der Waals surface area contributed by atoms with Crippen molar-refractivity contribution in [3.05, 3.63) is 24.3 Å². The first-order valence-corrected chi connectivity index (χ1v) is 34.7. The van der Waals surface area contributed by atoms with Gasteiger partial charge in [0, 0.05) is 6.42 Å². The number of unbranched alkanes of at least 4 members (excludes halogenated alkanes) is 47. The third kappa shape index (κ3) is 60.5. The molecule has 0 saturated heterocycles. The minimum absolute atomic E-state index is 0.00393. The number of allylic oxidation sites excluding steroid dienone is 3. The van der Waals surface area contributed by atoms with E-state index in [4.69, 9.17) is 9.05 Å². The zero-order chi connectivity index (χ0) is 54.9. The molecule has 0 spiro atoms. The Morgan fingerprint density at radius 1 is 0.453 bits per heavy atom. The van der Waals surface area contributed by atoms with E-state index in [1.54, 1.807) is 6.08 Å². The highest BCUT2D eigenvalue weighted by molar-refractivity contribution is 7.45. The second-order valence-corrected chi connectivity index (χ2v) is 25.6. The fourth-order valence-electron chi connectivity index (χ4n) is 10.2. The lowest BCUT2D eigenvalue weighted by Gasteiger charge is -2.29. The molecule has 3 atom stereocenters. The first kappa shape index (κ1) is 74.0. The van der Waals surface area contributed by atoms with Crippen LogP contribution in [-0.4, -0.2) is 68.5 Å². The van der Waals surface area contributed by atoms with Gasteiger partial charge in [-0.2, -0.15) is 0 Å². The Morgan fingerprint density at radius 2 is 0.747 bits per heavy atom. The Hall–Kier alpha value is -1.02. The maximum absolute atomic E-state index is 13.0. The van der Waals surface area contributed by atoms with E-state index in [9.17, 15) is 19.4 Å². The van der Waals surface area contributed by atoms with Crippen LogP contribution in [0, 0.1) is 0 Å². The highest BCUT2D eigenvalue weighted by Gasteiger charge is 2.23. The first-order chi connectivity index (χ1) is 36.5. The summed E-state index contributed by atoms with van der Waals surface area (Å²) >= 11 is 0. The molecular weight excluding hydrogens is 948 g/mol. The summed E-state index contributed by atoms with van der Waals surface area (Å²) in [5.41, 5.74) is 0. The Kier molecular flexibility index (Phi) is 56.9. The molecule has 0 radical (unpaired) electrons. The minimum Gasteiger partial charge on any atom is -0.756 e. The van der Waals surface area contributed by atoms with Gasteiger partial charge in [-0.25, -0.2) is 0 Å². The van der Waals surface area contributed by atoms with Crippen LogP contribution in [0.2, 0.25) is 0 Å². The second-order valence-electron chi connectivity index (χ2n) is 24.2. The summed E-state index contributed by atoms with van der Waals surface area (Å²) in [6, 6.07) is -0.900. The molecular formula is C66H131N2O6P. The largest absolute Gasteiger partial charge is 0.756 e. The van der Waals surface area contributed by atoms with Crippen LogP contribution in [0.4, 0.5) is 0 Å². The molecule has 0 bridgehead atoms. The van der Waals surface area contributed by atoms with Crippen molar-refractivity contribution < 1.29 is 32.9 Å². The number of hydrogen-bond donors (Lipinski definition) is 2. The van der Waals surface area contributed by atoms with Gasteiger partial charge in [-0.15, -0.1) is 0 Å². The molecule has 0 saturated carbocycles. The maximum atomic E-state index is 13.0. The van der Waals surface area contributed by atoms with Crippen LogP contribution in [0.5, 0.6) is 0 Å². The van der Waals surface area contributed by atoms with Gasteiger partial charge in [0.2, 0.25) is 5.91 Å². The van der Waals surface area contributed by atoms with Crippen LogP contribution in [0.3, 0.4) is 0 Å². The number of phosphoric ester groups is 1. The molecule has 0 aliphatic heterocycles. The Morgan fingerprint density at radius 3 is 1.08 bits per heavy atom. The molecule has 8 nitrogen and oxygen atoms in total. The van der Waals surface area contributed by atoms with Gasteiger partial charge in [0.15, 0.2) is 0 Å². The zero-order valence-corrected chi connectivity index (χ0v) is 51.9. The zero-order valence-electron chi connectivity index (χ0n) is 51.0. The van der Waals surface area contributed by atoms with Gasteiger partial charge in [0.25, 0.3) is 7.82 Å². The summed E-state index contributed by atoms with van der Waals surface area (Å²) < 4.78 is 23.3. The number of quaternary nitrogens is 1. The van der Waals surface area contributed by atoms with Crippen molar-refractivity contribution in [2.24, 2.45) is 0 Å². The van der Waals surface area contributed by atoms with E-state index in [-0.39, 0.29) is 19.1 Å². The fourth-order valence-corrected chi connectivity index (χ4v) is 11.0. The summed E-state index contributed by atoms with van der Waals surface area (Å²) in [6.45, 7) is 4.66. The van der Waals surface area contributed by atoms with E-state index in [0.717, 1.165) is 38.5 Å². The average molecular weight is 1080 g/mol. The lowest BCUT2D eigenvalue weighted by Crippen LogP contribution is -2.45. The van der Waals surface area contributed by atoms with Gasteiger partial charge in [-0.1, -0.05) is 327 Å². The van der Waals surface area contributed by atoms with Crippen molar-refractivity contribution >= 4 is 13.7 Å². The predicted octanol–water partition coefficient (Wildman–Crippen LogP) is 20.1. The van der Waals surface area contributed by atoms with E-state index < -0.39 is 20.0 Å². The minimum atomic E-state index is -4.60. The molecule has 446 valence electrons. The van der Waals surface area contributed by atoms with Crippen LogP contribution in [-0.2, 0) is 18.4 Å². The van der Waals surface area contributed by atoms with Crippen LogP contribution in [0.15, 0.2) is 24.3 Å². The van der Waals surface area contributed by atoms with E-state index in [1.807, 2.05) is 27.2 Å². The van der Waals surface area contributed by atoms with E-state index in [1.165, 1.54) is 283 Å². The number of amides is 1. The summed E-state index contributed by atoms with van der Waals surface area (Å²) in [5, 5.41) is 13.8. The topological polar surface area (TPSA) is 108 Å². The van der Waals surface area contributed by atoms with Gasteiger partial charge in [0.1, 0.15) is 13.2 Å². The van der Waals surface area contributed by atoms with Crippen molar-refractivity contribution in [1.82, 2.24) is 5.32 Å². The van der Waals surface area contributed by atoms with E-state index in [2.05, 4.69) is 31.3 Å². The molecule has 0 aromatic rings. The Bertz CT molecular complexity index is 1270. The maximum Gasteiger partial charge on any atom is 0.268 e. The number of likely N-dealkylation sites (N-methyl/N-ethyl adjacent to an activating group) is 1. The average Bonchev–Trinajstić information content (AvgIpc) is 3.37. The number of aliphatic hydroxyl groups is 1. The van der Waals surface area contributed by atoms with E-state index in [0.29, 0.717) is 17.4 Å². The summed E-state index contributed by atoms with van der Waals surface area (Å²) in [6.07, 6.45) is 74.7. The van der Waals surface area contributed by atoms with Crippen molar-refractivity contribution in [3.63, 3.8) is 0 Å². The Labute approximate surface area is 468 Å². The first-order valence-electron chi connectivity index (χ1n) is 33.2. The van der Waals surface area contributed by atoms with Gasteiger partial charge in [0.05, 0.1) is 39.9 Å². The smallest absolute Gasteiger partial charge is 0.268 e. The molecule has 2 N–H and O–H groups in total. The number of carbonyl (C=O) groups is 1. The normalized spacial score (nSPS) is 13.9. The molecule has 75 heavy (non-hydrogen) atoms. The number of hydrogen-bond acceptors (Lipinski definition) is 6.